The van der Waals surface area contributed by atoms with Crippen LogP contribution < -0.4 is 19.9 Å². The van der Waals surface area contributed by atoms with Crippen molar-refractivity contribution in [1.29, 1.82) is 0 Å². The summed E-state index contributed by atoms with van der Waals surface area (Å²) < 4.78 is 40.4. The van der Waals surface area contributed by atoms with Gasteiger partial charge in [0.2, 0.25) is 0 Å². The predicted octanol–water partition coefficient (Wildman–Crippen LogP) is 5.57. The van der Waals surface area contributed by atoms with Gasteiger partial charge in [0.05, 0.1) is 30.0 Å². The zero-order chi connectivity index (χ0) is 24.4. The maximum absolute atomic E-state index is 13.0. The highest BCUT2D eigenvalue weighted by atomic mass is 32.2. The molecule has 0 fully saturated rings. The van der Waals surface area contributed by atoms with Gasteiger partial charge in [-0.3, -0.25) is 9.82 Å². The Morgan fingerprint density at radius 2 is 1.62 bits per heavy atom. The summed E-state index contributed by atoms with van der Waals surface area (Å²) in [4.78, 5) is 0.141. The summed E-state index contributed by atoms with van der Waals surface area (Å²) in [6.45, 7) is 4.95. The molecule has 0 spiro atoms. The summed E-state index contributed by atoms with van der Waals surface area (Å²) in [5, 5.41) is 14.9. The number of benzene rings is 2. The Bertz CT molecular complexity index is 1200. The van der Waals surface area contributed by atoms with Gasteiger partial charge in [-0.2, -0.15) is 5.10 Å². The van der Waals surface area contributed by atoms with Crippen LogP contribution in [0.1, 0.15) is 39.5 Å². The van der Waals surface area contributed by atoms with Crippen molar-refractivity contribution in [3.8, 4) is 11.5 Å². The molecule has 1 heterocycles. The van der Waals surface area contributed by atoms with Gasteiger partial charge in [-0.15, -0.1) is 10.2 Å². The summed E-state index contributed by atoms with van der Waals surface area (Å²) in [6, 6.07) is 11.3. The van der Waals surface area contributed by atoms with Crippen LogP contribution in [0.25, 0.3) is 0 Å². The van der Waals surface area contributed by atoms with Gasteiger partial charge in [0.1, 0.15) is 28.7 Å². The molecule has 0 aliphatic rings. The minimum atomic E-state index is -3.84. The van der Waals surface area contributed by atoms with Gasteiger partial charge in [-0.05, 0) is 25.0 Å². The first kappa shape index (κ1) is 25.0. The molecule has 0 amide bonds. The molecule has 0 aliphatic heterocycles. The van der Waals surface area contributed by atoms with Crippen LogP contribution in [0.5, 0.6) is 11.5 Å². The van der Waals surface area contributed by atoms with E-state index < -0.39 is 10.0 Å². The monoisotopic (exact) mass is 486 g/mol. The van der Waals surface area contributed by atoms with Crippen LogP contribution in [-0.2, 0) is 10.0 Å². The minimum absolute atomic E-state index is 0.141. The third-order valence-electron chi connectivity index (χ3n) is 4.78. The van der Waals surface area contributed by atoms with Crippen molar-refractivity contribution < 1.29 is 17.9 Å². The number of azo groups is 1. The number of ether oxygens (including phenoxy) is 2. The zero-order valence-corrected chi connectivity index (χ0v) is 20.1. The standard InChI is InChI=1S/C23H30N6O4S/c1-3-5-12-32-21-15-19(29-34(30,31)17-10-8-7-9-11-17)22(33-13-6-4-2)14-18(21)26-27-20-16-25-28-23(20)24/h7-11,14-16,29H,3-6,12-13H2,1-2H3,(H3,24,25,28). The van der Waals surface area contributed by atoms with E-state index in [1.165, 1.54) is 18.3 Å². The number of unbranched alkanes of at least 4 members (excludes halogenated alkanes) is 2. The van der Waals surface area contributed by atoms with Gasteiger partial charge in [-0.1, -0.05) is 44.9 Å². The molecule has 0 saturated carbocycles. The van der Waals surface area contributed by atoms with Crippen molar-refractivity contribution in [3.63, 3.8) is 0 Å². The van der Waals surface area contributed by atoms with Gasteiger partial charge in [0.15, 0.2) is 0 Å². The third-order valence-corrected chi connectivity index (χ3v) is 6.16. The lowest BCUT2D eigenvalue weighted by molar-refractivity contribution is 0.303. The second kappa shape index (κ2) is 12.0. The highest BCUT2D eigenvalue weighted by Crippen LogP contribution is 2.40. The fourth-order valence-electron chi connectivity index (χ4n) is 2.88. The maximum atomic E-state index is 13.0. The fraction of sp³-hybridized carbons (Fsp3) is 0.348. The first-order valence-corrected chi connectivity index (χ1v) is 12.6. The first-order chi connectivity index (χ1) is 16.4. The quantitative estimate of drug-likeness (QED) is 0.213. The summed E-state index contributed by atoms with van der Waals surface area (Å²) >= 11 is 0. The summed E-state index contributed by atoms with van der Waals surface area (Å²) in [5.41, 5.74) is 6.81. The number of nitrogens with two attached hydrogens (primary N) is 1. The van der Waals surface area contributed by atoms with E-state index in [-0.39, 0.29) is 16.4 Å². The van der Waals surface area contributed by atoms with E-state index in [4.69, 9.17) is 15.2 Å². The van der Waals surface area contributed by atoms with Crippen LogP contribution in [0, 0.1) is 0 Å². The van der Waals surface area contributed by atoms with E-state index in [0.717, 1.165) is 25.7 Å². The van der Waals surface area contributed by atoms with Crippen LogP contribution in [0.2, 0.25) is 0 Å². The Hall–Kier alpha value is -3.60. The van der Waals surface area contributed by atoms with Crippen molar-refractivity contribution in [2.75, 3.05) is 23.7 Å². The molecule has 10 nitrogen and oxygen atoms in total. The molecular weight excluding hydrogens is 456 g/mol. The second-order valence-electron chi connectivity index (χ2n) is 7.51. The van der Waals surface area contributed by atoms with Gasteiger partial charge in [-0.25, -0.2) is 8.42 Å². The Morgan fingerprint density at radius 1 is 0.971 bits per heavy atom. The van der Waals surface area contributed by atoms with Crippen molar-refractivity contribution in [2.24, 2.45) is 10.2 Å². The molecule has 182 valence electrons. The molecule has 34 heavy (non-hydrogen) atoms. The number of rotatable bonds is 13. The molecule has 11 heteroatoms. The van der Waals surface area contributed by atoms with Crippen molar-refractivity contribution in [2.45, 2.75) is 44.4 Å². The minimum Gasteiger partial charge on any atom is -0.491 e. The number of anilines is 2. The molecule has 0 saturated heterocycles. The molecule has 0 unspecified atom stereocenters. The lowest BCUT2D eigenvalue weighted by Crippen LogP contribution is -2.14. The van der Waals surface area contributed by atoms with E-state index in [0.29, 0.717) is 36.1 Å². The molecule has 0 radical (unpaired) electrons. The third kappa shape index (κ3) is 6.70. The fourth-order valence-corrected chi connectivity index (χ4v) is 3.96. The van der Waals surface area contributed by atoms with E-state index in [1.54, 1.807) is 30.3 Å². The number of aromatic nitrogens is 2. The van der Waals surface area contributed by atoms with Crippen molar-refractivity contribution in [3.05, 3.63) is 48.7 Å². The highest BCUT2D eigenvalue weighted by Gasteiger charge is 2.20. The number of nitrogens with one attached hydrogen (secondary N) is 2. The Labute approximate surface area is 199 Å². The molecule has 3 rings (SSSR count). The number of hydrogen-bond acceptors (Lipinski definition) is 8. The number of hydrogen-bond donors (Lipinski definition) is 3. The number of sulfonamides is 1. The van der Waals surface area contributed by atoms with E-state index in [1.807, 2.05) is 6.92 Å². The SMILES string of the molecule is CCCCOc1cc(NS(=O)(=O)c2ccccc2)c(OCCCC)cc1N=Nc1cn[nH]c1N. The van der Waals surface area contributed by atoms with Gasteiger partial charge < -0.3 is 15.2 Å². The lowest BCUT2D eigenvalue weighted by Gasteiger charge is -2.17. The second-order valence-corrected chi connectivity index (χ2v) is 9.19. The summed E-state index contributed by atoms with van der Waals surface area (Å²) in [7, 11) is -3.84. The summed E-state index contributed by atoms with van der Waals surface area (Å²) in [6.07, 6.45) is 4.95. The zero-order valence-electron chi connectivity index (χ0n) is 19.3. The molecule has 3 aromatic rings. The lowest BCUT2D eigenvalue weighted by atomic mass is 10.2. The first-order valence-electron chi connectivity index (χ1n) is 11.2. The van der Waals surface area contributed by atoms with E-state index in [2.05, 4.69) is 32.1 Å². The Balaban J connectivity index is 2.02. The van der Waals surface area contributed by atoms with Gasteiger partial charge in [0.25, 0.3) is 10.0 Å². The Morgan fingerprint density at radius 3 is 2.24 bits per heavy atom. The topological polar surface area (TPSA) is 144 Å². The largest absolute Gasteiger partial charge is 0.491 e. The molecule has 4 N–H and O–H groups in total. The number of nitrogens with zero attached hydrogens (tertiary/aromatic N) is 3. The predicted molar refractivity (Wildman–Crippen MR) is 132 cm³/mol. The number of aromatic amines is 1. The molecule has 0 bridgehead atoms. The normalized spacial score (nSPS) is 11.6. The van der Waals surface area contributed by atoms with Crippen LogP contribution >= 0.6 is 0 Å². The van der Waals surface area contributed by atoms with Crippen molar-refractivity contribution in [1.82, 2.24) is 10.2 Å². The van der Waals surface area contributed by atoms with Crippen molar-refractivity contribution >= 4 is 32.9 Å². The van der Waals surface area contributed by atoms with E-state index in [9.17, 15) is 8.42 Å². The van der Waals surface area contributed by atoms with E-state index >= 15 is 0 Å². The molecule has 0 aliphatic carbocycles. The van der Waals surface area contributed by atoms with Crippen LogP contribution in [0.3, 0.4) is 0 Å². The molecule has 2 aromatic carbocycles. The maximum Gasteiger partial charge on any atom is 0.262 e. The molecule has 0 atom stereocenters. The van der Waals surface area contributed by atoms with Crippen LogP contribution in [0.15, 0.2) is 63.8 Å². The van der Waals surface area contributed by atoms with Crippen LogP contribution in [0.4, 0.5) is 22.9 Å². The number of nitrogen functional groups attached to an aromatic ring is 1. The van der Waals surface area contributed by atoms with Gasteiger partial charge in [0, 0.05) is 12.1 Å². The number of H-pyrrole nitrogens is 1. The highest BCUT2D eigenvalue weighted by molar-refractivity contribution is 7.92. The van der Waals surface area contributed by atoms with Crippen LogP contribution in [-0.4, -0.2) is 31.8 Å². The average Bonchev–Trinajstić information content (AvgIpc) is 3.24. The smallest absolute Gasteiger partial charge is 0.262 e. The summed E-state index contributed by atoms with van der Waals surface area (Å²) in [5.74, 6) is 0.974. The van der Waals surface area contributed by atoms with Gasteiger partial charge >= 0.3 is 0 Å². The molecule has 1 aromatic heterocycles. The molecular formula is C23H30N6O4S. The average molecular weight is 487 g/mol. The Kier molecular flexibility index (Phi) is 8.86.